The second-order valence-electron chi connectivity index (χ2n) is 6.56. The molecule has 0 radical (unpaired) electrons. The number of nitriles is 1. The van der Waals surface area contributed by atoms with Crippen LogP contribution in [0.25, 0.3) is 0 Å². The fourth-order valence-corrected chi connectivity index (χ4v) is 3.43. The van der Waals surface area contributed by atoms with E-state index in [0.717, 1.165) is 37.2 Å². The SMILES string of the molecule is CC1(C)Oc2ccc(C#N)cc2[C@H](N2CCCCC2)[C@H]1O. The zero-order chi connectivity index (χ0) is 15.0. The highest BCUT2D eigenvalue weighted by Crippen LogP contribution is 2.43. The van der Waals surface area contributed by atoms with Crippen LogP contribution >= 0.6 is 0 Å². The molecule has 4 nitrogen and oxygen atoms in total. The van der Waals surface area contributed by atoms with Crippen molar-refractivity contribution >= 4 is 0 Å². The molecule has 0 spiro atoms. The Hall–Kier alpha value is -1.57. The lowest BCUT2D eigenvalue weighted by Crippen LogP contribution is -2.54. The molecule has 21 heavy (non-hydrogen) atoms. The van der Waals surface area contributed by atoms with E-state index in [4.69, 9.17) is 10.00 Å². The summed E-state index contributed by atoms with van der Waals surface area (Å²) in [5.41, 5.74) is 0.942. The predicted molar refractivity (Wildman–Crippen MR) is 80.0 cm³/mol. The van der Waals surface area contributed by atoms with Crippen molar-refractivity contribution < 1.29 is 9.84 Å². The summed E-state index contributed by atoms with van der Waals surface area (Å²) in [5, 5.41) is 19.9. The van der Waals surface area contributed by atoms with Crippen molar-refractivity contribution in [2.45, 2.75) is 50.9 Å². The zero-order valence-electron chi connectivity index (χ0n) is 12.7. The van der Waals surface area contributed by atoms with Crippen LogP contribution < -0.4 is 4.74 Å². The second-order valence-corrected chi connectivity index (χ2v) is 6.56. The molecule has 3 rings (SSSR count). The number of benzene rings is 1. The molecule has 4 heteroatoms. The van der Waals surface area contributed by atoms with E-state index < -0.39 is 11.7 Å². The van der Waals surface area contributed by atoms with Crippen molar-refractivity contribution in [1.82, 2.24) is 4.90 Å². The number of fused-ring (bicyclic) bond motifs is 1. The van der Waals surface area contributed by atoms with E-state index in [9.17, 15) is 5.11 Å². The summed E-state index contributed by atoms with van der Waals surface area (Å²) in [4.78, 5) is 2.35. The number of ether oxygens (including phenoxy) is 1. The zero-order valence-corrected chi connectivity index (χ0v) is 12.7. The molecule has 2 heterocycles. The molecule has 112 valence electrons. The Labute approximate surface area is 125 Å². The minimum absolute atomic E-state index is 0.0858. The third-order valence-electron chi connectivity index (χ3n) is 4.63. The molecule has 2 atom stereocenters. The van der Waals surface area contributed by atoms with Gasteiger partial charge in [-0.15, -0.1) is 0 Å². The summed E-state index contributed by atoms with van der Waals surface area (Å²) < 4.78 is 5.97. The van der Waals surface area contributed by atoms with Crippen LogP contribution in [0.2, 0.25) is 0 Å². The highest BCUT2D eigenvalue weighted by Gasteiger charge is 2.45. The van der Waals surface area contributed by atoms with Crippen LogP contribution in [0, 0.1) is 11.3 Å². The number of aliphatic hydroxyl groups is 1. The first-order chi connectivity index (χ1) is 10.0. The van der Waals surface area contributed by atoms with Gasteiger partial charge in [0.25, 0.3) is 0 Å². The molecule has 0 saturated carbocycles. The average molecular weight is 286 g/mol. The average Bonchev–Trinajstić information content (AvgIpc) is 2.49. The Morgan fingerprint density at radius 3 is 2.67 bits per heavy atom. The van der Waals surface area contributed by atoms with Crippen LogP contribution in [-0.2, 0) is 0 Å². The van der Waals surface area contributed by atoms with Crippen LogP contribution in [0.1, 0.15) is 50.3 Å². The normalized spacial score (nSPS) is 28.3. The maximum atomic E-state index is 10.8. The first-order valence-electron chi connectivity index (χ1n) is 7.68. The summed E-state index contributed by atoms with van der Waals surface area (Å²) in [5.74, 6) is 0.792. The van der Waals surface area contributed by atoms with Crippen LogP contribution in [0.5, 0.6) is 5.75 Å². The van der Waals surface area contributed by atoms with E-state index in [0.29, 0.717) is 5.56 Å². The maximum Gasteiger partial charge on any atom is 0.131 e. The molecule has 2 aliphatic rings. The highest BCUT2D eigenvalue weighted by molar-refractivity contribution is 5.46. The molecule has 1 aromatic carbocycles. The fraction of sp³-hybridized carbons (Fsp3) is 0.588. The molecule has 0 unspecified atom stereocenters. The largest absolute Gasteiger partial charge is 0.485 e. The Morgan fingerprint density at radius 2 is 2.00 bits per heavy atom. The van der Waals surface area contributed by atoms with Gasteiger partial charge in [-0.3, -0.25) is 4.90 Å². The first kappa shape index (κ1) is 14.4. The molecule has 1 fully saturated rings. The second kappa shape index (κ2) is 5.32. The molecule has 0 bridgehead atoms. The monoisotopic (exact) mass is 286 g/mol. The lowest BCUT2D eigenvalue weighted by Gasteiger charge is -2.47. The lowest BCUT2D eigenvalue weighted by molar-refractivity contribution is -0.0961. The minimum Gasteiger partial charge on any atom is -0.485 e. The quantitative estimate of drug-likeness (QED) is 0.862. The maximum absolute atomic E-state index is 10.8. The fourth-order valence-electron chi connectivity index (χ4n) is 3.43. The van der Waals surface area contributed by atoms with Gasteiger partial charge in [0, 0.05) is 5.56 Å². The van der Waals surface area contributed by atoms with Gasteiger partial charge in [-0.05, 0) is 58.0 Å². The standard InChI is InChI=1S/C17H22N2O2/c1-17(2)16(20)15(19-8-4-3-5-9-19)13-10-12(11-18)6-7-14(13)21-17/h6-7,10,15-16,20H,3-5,8-9H2,1-2H3/t15-,16+/m0/s1. The highest BCUT2D eigenvalue weighted by atomic mass is 16.5. The van der Waals surface area contributed by atoms with Crippen molar-refractivity contribution in [3.8, 4) is 11.8 Å². The summed E-state index contributed by atoms with van der Waals surface area (Å²) in [7, 11) is 0. The number of nitrogens with zero attached hydrogens (tertiary/aromatic N) is 2. The van der Waals surface area contributed by atoms with Crippen molar-refractivity contribution in [1.29, 1.82) is 5.26 Å². The molecule has 1 N–H and O–H groups in total. The van der Waals surface area contributed by atoms with Crippen LogP contribution in [0.3, 0.4) is 0 Å². The molecular formula is C17H22N2O2. The summed E-state index contributed by atoms with van der Waals surface area (Å²) in [6.45, 7) is 5.84. The van der Waals surface area contributed by atoms with Crippen molar-refractivity contribution in [3.63, 3.8) is 0 Å². The van der Waals surface area contributed by atoms with Gasteiger partial charge in [-0.25, -0.2) is 0 Å². The van der Waals surface area contributed by atoms with Crippen LogP contribution in [0.4, 0.5) is 0 Å². The minimum atomic E-state index is -0.622. The molecule has 0 amide bonds. The van der Waals surface area contributed by atoms with E-state index in [2.05, 4.69) is 11.0 Å². The summed E-state index contributed by atoms with van der Waals surface area (Å²) in [6.07, 6.45) is 2.98. The number of rotatable bonds is 1. The van der Waals surface area contributed by atoms with Gasteiger partial charge in [0.1, 0.15) is 17.5 Å². The van der Waals surface area contributed by atoms with Crippen LogP contribution in [0.15, 0.2) is 18.2 Å². The molecule has 1 saturated heterocycles. The van der Waals surface area contributed by atoms with Gasteiger partial charge in [0.2, 0.25) is 0 Å². The Bertz CT molecular complexity index is 571. The summed E-state index contributed by atoms with van der Waals surface area (Å²) in [6, 6.07) is 7.60. The van der Waals surface area contributed by atoms with E-state index in [1.54, 1.807) is 6.07 Å². The van der Waals surface area contributed by atoms with Gasteiger partial charge < -0.3 is 9.84 Å². The van der Waals surface area contributed by atoms with Crippen molar-refractivity contribution in [3.05, 3.63) is 29.3 Å². The van der Waals surface area contributed by atoms with E-state index in [1.807, 2.05) is 26.0 Å². The number of aliphatic hydroxyl groups excluding tert-OH is 1. The van der Waals surface area contributed by atoms with Gasteiger partial charge in [-0.1, -0.05) is 6.42 Å². The van der Waals surface area contributed by atoms with E-state index in [1.165, 1.54) is 6.42 Å². The molecule has 0 aromatic heterocycles. The number of hydrogen-bond acceptors (Lipinski definition) is 4. The number of likely N-dealkylation sites (tertiary alicyclic amines) is 1. The smallest absolute Gasteiger partial charge is 0.131 e. The Morgan fingerprint density at radius 1 is 1.29 bits per heavy atom. The number of piperidine rings is 1. The third kappa shape index (κ3) is 2.52. The van der Waals surface area contributed by atoms with E-state index >= 15 is 0 Å². The lowest BCUT2D eigenvalue weighted by atomic mass is 9.84. The van der Waals surface area contributed by atoms with Gasteiger partial charge in [0.05, 0.1) is 17.7 Å². The molecular weight excluding hydrogens is 264 g/mol. The van der Waals surface area contributed by atoms with Crippen molar-refractivity contribution in [2.75, 3.05) is 13.1 Å². The van der Waals surface area contributed by atoms with Gasteiger partial charge >= 0.3 is 0 Å². The predicted octanol–water partition coefficient (Wildman–Crippen LogP) is 2.62. The van der Waals surface area contributed by atoms with Crippen LogP contribution in [-0.4, -0.2) is 34.8 Å². The summed E-state index contributed by atoms with van der Waals surface area (Å²) >= 11 is 0. The Kier molecular flexibility index (Phi) is 3.64. The molecule has 2 aliphatic heterocycles. The Balaban J connectivity index is 2.05. The van der Waals surface area contributed by atoms with E-state index in [-0.39, 0.29) is 6.04 Å². The first-order valence-corrected chi connectivity index (χ1v) is 7.68. The van der Waals surface area contributed by atoms with Gasteiger partial charge in [0.15, 0.2) is 0 Å². The van der Waals surface area contributed by atoms with Gasteiger partial charge in [-0.2, -0.15) is 5.26 Å². The van der Waals surface area contributed by atoms with Crippen molar-refractivity contribution in [2.24, 2.45) is 0 Å². The molecule has 1 aromatic rings. The number of hydrogen-bond donors (Lipinski definition) is 1. The molecule has 0 aliphatic carbocycles. The third-order valence-corrected chi connectivity index (χ3v) is 4.63. The topological polar surface area (TPSA) is 56.5 Å².